The number of rotatable bonds is 8. The van der Waals surface area contributed by atoms with Crippen molar-refractivity contribution in [1.29, 1.82) is 0 Å². The molecule has 1 aliphatic heterocycles. The van der Waals surface area contributed by atoms with Crippen LogP contribution >= 0.6 is 10.8 Å². The molecule has 1 unspecified atom stereocenters. The van der Waals surface area contributed by atoms with Gasteiger partial charge in [-0.25, -0.2) is 0 Å². The summed E-state index contributed by atoms with van der Waals surface area (Å²) in [6, 6.07) is 19.0. The summed E-state index contributed by atoms with van der Waals surface area (Å²) >= 11 is 0. The third-order valence-electron chi connectivity index (χ3n) is 4.02. The van der Waals surface area contributed by atoms with Gasteiger partial charge in [0.2, 0.25) is 0 Å². The summed E-state index contributed by atoms with van der Waals surface area (Å²) < 4.78 is 44.6. The maximum atomic E-state index is 11.5. The van der Waals surface area contributed by atoms with E-state index in [1.807, 2.05) is 79.7 Å². The second kappa shape index (κ2) is 10.5. The Bertz CT molecular complexity index is 1000. The summed E-state index contributed by atoms with van der Waals surface area (Å²) in [5, 5.41) is 0. The molecule has 2 aromatic rings. The summed E-state index contributed by atoms with van der Waals surface area (Å²) in [7, 11) is -6.04. The summed E-state index contributed by atoms with van der Waals surface area (Å²) in [4.78, 5) is 1.17. The molecule has 0 amide bonds. The van der Waals surface area contributed by atoms with Crippen molar-refractivity contribution >= 4 is 26.1 Å². The minimum Gasteiger partial charge on any atom is -0.501 e. The second-order valence-corrected chi connectivity index (χ2v) is 8.80. The molecule has 0 saturated carbocycles. The predicted molar refractivity (Wildman–Crippen MR) is 112 cm³/mol. The van der Waals surface area contributed by atoms with Gasteiger partial charge in [-0.1, -0.05) is 66.7 Å². The molecule has 0 aromatic heterocycles. The molecular weight excluding hydrogens is 424 g/mol. The van der Waals surface area contributed by atoms with Gasteiger partial charge < -0.3 is 4.74 Å². The van der Waals surface area contributed by atoms with E-state index in [1.54, 1.807) is 18.2 Å². The topological polar surface area (TPSA) is 87.6 Å². The highest BCUT2D eigenvalue weighted by atomic mass is 35.7. The number of ether oxygens (including phenoxy) is 1. The zero-order chi connectivity index (χ0) is 21.4. The van der Waals surface area contributed by atoms with Crippen LogP contribution in [0, 0.1) is 10.2 Å². The van der Waals surface area contributed by atoms with Crippen LogP contribution in [-0.2, 0) is 8.47 Å². The molecule has 0 spiro atoms. The van der Waals surface area contributed by atoms with Gasteiger partial charge in [-0.15, -0.1) is 0 Å². The first-order valence-corrected chi connectivity index (χ1v) is 11.6. The van der Waals surface area contributed by atoms with Gasteiger partial charge in [0.1, 0.15) is 14.5 Å². The molecule has 7 heteroatoms. The van der Waals surface area contributed by atoms with Gasteiger partial charge in [-0.05, 0) is 47.9 Å². The third-order valence-corrected chi connectivity index (χ3v) is 6.57. The molecular formula is C23H21ClO5S. The lowest BCUT2D eigenvalue weighted by atomic mass is 10.0. The van der Waals surface area contributed by atoms with E-state index in [9.17, 15) is 14.0 Å². The smallest absolute Gasteiger partial charge is 0.147 e. The van der Waals surface area contributed by atoms with Crippen LogP contribution in [0.25, 0.3) is 10.5 Å². The van der Waals surface area contributed by atoms with Crippen molar-refractivity contribution in [1.82, 2.24) is 0 Å². The summed E-state index contributed by atoms with van der Waals surface area (Å²) in [5.74, 6) is 0. The quantitative estimate of drug-likeness (QED) is 0.270. The fourth-order valence-electron chi connectivity index (χ4n) is 2.77. The molecule has 2 aromatic carbocycles. The predicted octanol–water partition coefficient (Wildman–Crippen LogP) is 2.50. The molecule has 5 nitrogen and oxygen atoms in total. The highest BCUT2D eigenvalue weighted by molar-refractivity contribution is 8.20. The Balaban J connectivity index is 2.15. The number of hydrogen-bond donors (Lipinski definition) is 0. The zero-order valence-electron chi connectivity index (χ0n) is 16.3. The average molecular weight is 445 g/mol. The Morgan fingerprint density at radius 3 is 2.10 bits per heavy atom. The van der Waals surface area contributed by atoms with Gasteiger partial charge in [-0.2, -0.15) is 14.0 Å². The molecule has 30 heavy (non-hydrogen) atoms. The molecule has 0 fully saturated rings. The zero-order valence-corrected chi connectivity index (χ0v) is 17.8. The molecule has 0 bridgehead atoms. The molecule has 0 N–H and O–H groups in total. The summed E-state index contributed by atoms with van der Waals surface area (Å²) in [6.45, 7) is 2.42. The number of halogens is 1. The van der Waals surface area contributed by atoms with Crippen LogP contribution in [0.15, 0.2) is 97.3 Å². The van der Waals surface area contributed by atoms with Crippen LogP contribution in [-0.4, -0.2) is 11.5 Å². The van der Waals surface area contributed by atoms with Gasteiger partial charge >= 0.3 is 0 Å². The monoisotopic (exact) mass is 444 g/mol. The lowest BCUT2D eigenvalue weighted by Gasteiger charge is -2.20. The number of benzene rings is 2. The Kier molecular flexibility index (Phi) is 7.81. The van der Waals surface area contributed by atoms with E-state index in [1.165, 1.54) is 6.26 Å². The van der Waals surface area contributed by atoms with E-state index in [0.717, 1.165) is 16.7 Å². The summed E-state index contributed by atoms with van der Waals surface area (Å²) in [5.41, 5.74) is 2.62. The van der Waals surface area contributed by atoms with Crippen molar-refractivity contribution in [3.05, 3.63) is 108 Å². The van der Waals surface area contributed by atoms with Crippen LogP contribution in [0.5, 0.6) is 0 Å². The highest BCUT2D eigenvalue weighted by Gasteiger charge is 2.30. The maximum absolute atomic E-state index is 11.5. The molecule has 1 atom stereocenters. The SMILES string of the molecule is CCO/C=C/C=C/C1=S(O[Cl+3]([O-])([O-])[O-])C(c2ccccc2)=CC(c2ccccc2)=C1. The van der Waals surface area contributed by atoms with Crippen LogP contribution in [0.4, 0.5) is 0 Å². The fourth-order valence-corrected chi connectivity index (χ4v) is 5.22. The Hall–Kier alpha value is -2.45. The van der Waals surface area contributed by atoms with Crippen molar-refractivity contribution < 1.29 is 32.7 Å². The third kappa shape index (κ3) is 6.27. The minimum atomic E-state index is -4.62. The summed E-state index contributed by atoms with van der Waals surface area (Å²) in [6.07, 6.45) is 10.4. The van der Waals surface area contributed by atoms with Crippen LogP contribution in [0.1, 0.15) is 18.1 Å². The van der Waals surface area contributed by atoms with Gasteiger partial charge in [-0.3, -0.25) is 0 Å². The molecule has 0 radical (unpaired) electrons. The molecule has 3 rings (SSSR count). The largest absolute Gasteiger partial charge is 0.501 e. The van der Waals surface area contributed by atoms with E-state index >= 15 is 0 Å². The van der Waals surface area contributed by atoms with Crippen molar-refractivity contribution in [2.75, 3.05) is 6.61 Å². The van der Waals surface area contributed by atoms with Crippen molar-refractivity contribution in [3.8, 4) is 0 Å². The second-order valence-electron chi connectivity index (χ2n) is 6.10. The van der Waals surface area contributed by atoms with Gasteiger partial charge in [0, 0.05) is 4.86 Å². The fraction of sp³-hybridized carbons (Fsp3) is 0.0870. The highest BCUT2D eigenvalue weighted by Crippen LogP contribution is 2.43. The number of hydrogen-bond acceptors (Lipinski definition) is 5. The van der Waals surface area contributed by atoms with E-state index in [4.69, 9.17) is 8.47 Å². The van der Waals surface area contributed by atoms with E-state index in [-0.39, 0.29) is 0 Å². The molecule has 0 aliphatic carbocycles. The maximum Gasteiger partial charge on any atom is 0.147 e. The lowest BCUT2D eigenvalue weighted by Crippen LogP contribution is -2.60. The molecule has 0 saturated heterocycles. The van der Waals surface area contributed by atoms with Crippen LogP contribution < -0.4 is 14.0 Å². The van der Waals surface area contributed by atoms with Crippen molar-refractivity contribution in [3.63, 3.8) is 0 Å². The van der Waals surface area contributed by atoms with E-state index in [0.29, 0.717) is 16.4 Å². The first-order chi connectivity index (χ1) is 14.5. The van der Waals surface area contributed by atoms with Gasteiger partial charge in [0.25, 0.3) is 0 Å². The lowest BCUT2D eigenvalue weighted by molar-refractivity contribution is -1.91. The number of allylic oxidation sites excluding steroid dienone is 6. The molecule has 156 valence electrons. The molecule has 1 aliphatic rings. The minimum absolute atomic E-state index is 0.542. The molecule has 1 heterocycles. The first-order valence-electron chi connectivity index (χ1n) is 9.19. The van der Waals surface area contributed by atoms with Gasteiger partial charge in [0.05, 0.1) is 28.0 Å². The Morgan fingerprint density at radius 1 is 0.867 bits per heavy atom. The normalized spacial score (nSPS) is 17.3. The Labute approximate surface area is 180 Å². The van der Waals surface area contributed by atoms with Crippen molar-refractivity contribution in [2.45, 2.75) is 6.92 Å². The standard InChI is InChI=1S/C23H21ClO5S/c1-2-28-16-10-9-15-22-17-21(19-11-5-3-6-12-19)18-23(20-13-7-4-8-14-20)30(22)29-24(25,26)27/h3-18H,2H2,1H3/b15-9+,16-10+. The van der Waals surface area contributed by atoms with E-state index in [2.05, 4.69) is 0 Å². The average Bonchev–Trinajstić information content (AvgIpc) is 2.74. The van der Waals surface area contributed by atoms with Gasteiger partial charge in [0.15, 0.2) is 0 Å². The van der Waals surface area contributed by atoms with E-state index < -0.39 is 21.0 Å². The Morgan fingerprint density at radius 2 is 1.50 bits per heavy atom. The first kappa shape index (κ1) is 22.2. The van der Waals surface area contributed by atoms with Crippen LogP contribution in [0.3, 0.4) is 0 Å². The van der Waals surface area contributed by atoms with Crippen molar-refractivity contribution in [2.24, 2.45) is 0 Å². The van der Waals surface area contributed by atoms with Crippen LogP contribution in [0.2, 0.25) is 0 Å².